The van der Waals surface area contributed by atoms with Gasteiger partial charge in [-0.3, -0.25) is 0 Å². The van der Waals surface area contributed by atoms with Crippen LogP contribution in [0.5, 0.6) is 0 Å². The molecule has 0 aliphatic rings. The van der Waals surface area contributed by atoms with Gasteiger partial charge in [-0.1, -0.05) is 45.0 Å². The van der Waals surface area contributed by atoms with Crippen molar-refractivity contribution in [1.29, 1.82) is 0 Å². The summed E-state index contributed by atoms with van der Waals surface area (Å²) < 4.78 is 0. The van der Waals surface area contributed by atoms with Crippen LogP contribution in [0.4, 0.5) is 0 Å². The van der Waals surface area contributed by atoms with E-state index in [2.05, 4.69) is 45.0 Å². The molecule has 0 bridgehead atoms. The van der Waals surface area contributed by atoms with E-state index in [9.17, 15) is 0 Å². The predicted octanol–water partition coefficient (Wildman–Crippen LogP) is 2.95. The van der Waals surface area contributed by atoms with E-state index in [1.165, 1.54) is 11.1 Å². The van der Waals surface area contributed by atoms with Crippen molar-refractivity contribution in [1.82, 2.24) is 0 Å². The Labute approximate surface area is 87.3 Å². The first-order chi connectivity index (χ1) is 6.66. The van der Waals surface area contributed by atoms with Crippen molar-refractivity contribution < 1.29 is 0 Å². The first kappa shape index (κ1) is 11.3. The van der Waals surface area contributed by atoms with Crippen LogP contribution in [-0.2, 0) is 6.42 Å². The molecule has 1 nitrogen and oxygen atoms in total. The third-order valence-electron chi connectivity index (χ3n) is 2.96. The molecule has 78 valence electrons. The summed E-state index contributed by atoms with van der Waals surface area (Å²) in [7, 11) is 0. The Bertz CT molecular complexity index is 278. The monoisotopic (exact) mass is 191 g/mol. The van der Waals surface area contributed by atoms with Crippen LogP contribution in [0, 0.1) is 5.92 Å². The topological polar surface area (TPSA) is 26.0 Å². The van der Waals surface area contributed by atoms with Gasteiger partial charge in [0.25, 0.3) is 0 Å². The second kappa shape index (κ2) is 5.16. The number of hydrogen-bond donors (Lipinski definition) is 1. The average molecular weight is 191 g/mol. The second-order valence-electron chi connectivity index (χ2n) is 4.27. The van der Waals surface area contributed by atoms with Crippen LogP contribution in [0.2, 0.25) is 0 Å². The molecular weight excluding hydrogens is 170 g/mol. The molecule has 1 aromatic carbocycles. The van der Waals surface area contributed by atoms with Gasteiger partial charge in [0.15, 0.2) is 0 Å². The average Bonchev–Trinajstić information content (AvgIpc) is 2.18. The molecule has 14 heavy (non-hydrogen) atoms. The van der Waals surface area contributed by atoms with Crippen LogP contribution in [0.1, 0.15) is 37.8 Å². The van der Waals surface area contributed by atoms with E-state index in [1.54, 1.807) is 0 Å². The molecule has 2 N–H and O–H groups in total. The van der Waals surface area contributed by atoms with Crippen molar-refractivity contribution in [3.8, 4) is 0 Å². The molecule has 1 aromatic rings. The summed E-state index contributed by atoms with van der Waals surface area (Å²) in [5.74, 6) is 1.31. The quantitative estimate of drug-likeness (QED) is 0.778. The summed E-state index contributed by atoms with van der Waals surface area (Å²) in [5, 5.41) is 0. The molecule has 0 aliphatic heterocycles. The van der Waals surface area contributed by atoms with Crippen molar-refractivity contribution >= 4 is 0 Å². The molecule has 0 aromatic heterocycles. The lowest BCUT2D eigenvalue weighted by Gasteiger charge is -2.19. The normalized spacial score (nSPS) is 13.2. The van der Waals surface area contributed by atoms with E-state index >= 15 is 0 Å². The number of hydrogen-bond acceptors (Lipinski definition) is 1. The first-order valence-corrected chi connectivity index (χ1v) is 5.44. The van der Waals surface area contributed by atoms with Gasteiger partial charge in [0.1, 0.15) is 0 Å². The minimum absolute atomic E-state index is 0.623. The SMILES string of the molecule is CC(C)C(C)c1ccccc1CCN. The summed E-state index contributed by atoms with van der Waals surface area (Å²) in [4.78, 5) is 0. The fraction of sp³-hybridized carbons (Fsp3) is 0.538. The number of benzene rings is 1. The van der Waals surface area contributed by atoms with Crippen LogP contribution in [-0.4, -0.2) is 6.54 Å². The Kier molecular flexibility index (Phi) is 4.15. The van der Waals surface area contributed by atoms with Gasteiger partial charge in [-0.25, -0.2) is 0 Å². The summed E-state index contributed by atoms with van der Waals surface area (Å²) in [6, 6.07) is 8.65. The highest BCUT2D eigenvalue weighted by Crippen LogP contribution is 2.26. The van der Waals surface area contributed by atoms with Crippen molar-refractivity contribution in [3.05, 3.63) is 35.4 Å². The van der Waals surface area contributed by atoms with E-state index < -0.39 is 0 Å². The van der Waals surface area contributed by atoms with Crippen LogP contribution >= 0.6 is 0 Å². The number of nitrogens with two attached hydrogens (primary N) is 1. The minimum Gasteiger partial charge on any atom is -0.330 e. The highest BCUT2D eigenvalue weighted by molar-refractivity contribution is 5.30. The Morgan fingerprint density at radius 2 is 1.79 bits per heavy atom. The largest absolute Gasteiger partial charge is 0.330 e. The zero-order chi connectivity index (χ0) is 10.6. The third-order valence-corrected chi connectivity index (χ3v) is 2.96. The molecule has 0 saturated heterocycles. The van der Waals surface area contributed by atoms with Crippen molar-refractivity contribution in [3.63, 3.8) is 0 Å². The Hall–Kier alpha value is -0.820. The molecule has 0 aliphatic carbocycles. The van der Waals surface area contributed by atoms with Crippen molar-refractivity contribution in [2.75, 3.05) is 6.54 Å². The lowest BCUT2D eigenvalue weighted by Crippen LogP contribution is -2.09. The Balaban J connectivity index is 2.94. The minimum atomic E-state index is 0.623. The van der Waals surface area contributed by atoms with Gasteiger partial charge in [-0.2, -0.15) is 0 Å². The van der Waals surface area contributed by atoms with Crippen LogP contribution in [0.3, 0.4) is 0 Å². The van der Waals surface area contributed by atoms with E-state index in [0.717, 1.165) is 13.0 Å². The van der Waals surface area contributed by atoms with Gasteiger partial charge in [-0.15, -0.1) is 0 Å². The zero-order valence-corrected chi connectivity index (χ0v) is 9.46. The predicted molar refractivity (Wildman–Crippen MR) is 62.5 cm³/mol. The van der Waals surface area contributed by atoms with Crippen LogP contribution in [0.25, 0.3) is 0 Å². The molecule has 1 heteroatoms. The van der Waals surface area contributed by atoms with Gasteiger partial charge >= 0.3 is 0 Å². The summed E-state index contributed by atoms with van der Waals surface area (Å²) in [6.45, 7) is 7.57. The highest BCUT2D eigenvalue weighted by Gasteiger charge is 2.12. The van der Waals surface area contributed by atoms with Crippen molar-refractivity contribution in [2.24, 2.45) is 11.7 Å². The molecule has 0 spiro atoms. The molecule has 0 fully saturated rings. The fourth-order valence-corrected chi connectivity index (χ4v) is 1.72. The molecule has 0 amide bonds. The van der Waals surface area contributed by atoms with Crippen molar-refractivity contribution in [2.45, 2.75) is 33.1 Å². The maximum absolute atomic E-state index is 5.61. The third kappa shape index (κ3) is 2.58. The Morgan fingerprint density at radius 1 is 1.14 bits per heavy atom. The maximum atomic E-state index is 5.61. The molecular formula is C13H21N. The number of rotatable bonds is 4. The molecule has 1 atom stereocenters. The lowest BCUT2D eigenvalue weighted by atomic mass is 9.86. The standard InChI is InChI=1S/C13H21N/c1-10(2)11(3)13-7-5-4-6-12(13)8-9-14/h4-7,10-11H,8-9,14H2,1-3H3. The molecule has 0 saturated carbocycles. The van der Waals surface area contributed by atoms with E-state index in [-0.39, 0.29) is 0 Å². The summed E-state index contributed by atoms with van der Waals surface area (Å²) in [5.41, 5.74) is 8.48. The molecule has 1 unspecified atom stereocenters. The first-order valence-electron chi connectivity index (χ1n) is 5.44. The van der Waals surface area contributed by atoms with Gasteiger partial charge in [-0.05, 0) is 35.9 Å². The van der Waals surface area contributed by atoms with E-state index in [1.807, 2.05) is 0 Å². The summed E-state index contributed by atoms with van der Waals surface area (Å²) >= 11 is 0. The molecule has 1 rings (SSSR count). The highest BCUT2D eigenvalue weighted by atomic mass is 14.5. The smallest absolute Gasteiger partial charge is 0.00366 e. The fourth-order valence-electron chi connectivity index (χ4n) is 1.72. The molecule has 0 radical (unpaired) electrons. The Morgan fingerprint density at radius 3 is 2.36 bits per heavy atom. The summed E-state index contributed by atoms with van der Waals surface area (Å²) in [6.07, 6.45) is 0.993. The zero-order valence-electron chi connectivity index (χ0n) is 9.46. The van der Waals surface area contributed by atoms with E-state index in [0.29, 0.717) is 11.8 Å². The van der Waals surface area contributed by atoms with Gasteiger partial charge in [0.05, 0.1) is 0 Å². The second-order valence-corrected chi connectivity index (χ2v) is 4.27. The van der Waals surface area contributed by atoms with Crippen LogP contribution in [0.15, 0.2) is 24.3 Å². The van der Waals surface area contributed by atoms with Crippen LogP contribution < -0.4 is 5.73 Å². The molecule has 0 heterocycles. The maximum Gasteiger partial charge on any atom is -0.00366 e. The van der Waals surface area contributed by atoms with Gasteiger partial charge in [0.2, 0.25) is 0 Å². The lowest BCUT2D eigenvalue weighted by molar-refractivity contribution is 0.531. The van der Waals surface area contributed by atoms with Gasteiger partial charge in [0, 0.05) is 0 Å². The van der Waals surface area contributed by atoms with E-state index in [4.69, 9.17) is 5.73 Å². The van der Waals surface area contributed by atoms with Gasteiger partial charge < -0.3 is 5.73 Å².